The molecule has 22 heavy (non-hydrogen) atoms. The third kappa shape index (κ3) is 7.02. The Morgan fingerprint density at radius 2 is 1.91 bits per heavy atom. The Bertz CT molecular complexity index is 419. The minimum atomic E-state index is 0.0787. The quantitative estimate of drug-likeness (QED) is 0.658. The number of rotatable bonds is 9. The normalized spacial score (nSPS) is 15.6. The average Bonchev–Trinajstić information content (AvgIpc) is 2.57. The zero-order valence-electron chi connectivity index (χ0n) is 13.2. The van der Waals surface area contributed by atoms with Crippen molar-refractivity contribution in [3.05, 3.63) is 35.9 Å². The van der Waals surface area contributed by atoms with E-state index in [1.54, 1.807) is 0 Å². The summed E-state index contributed by atoms with van der Waals surface area (Å²) >= 11 is 0. The number of carbonyl (C=O) groups is 1. The first-order valence-corrected chi connectivity index (χ1v) is 8.16. The minimum absolute atomic E-state index is 0.0787. The number of ether oxygens (including phenoxy) is 1. The van der Waals surface area contributed by atoms with Crippen LogP contribution in [0.5, 0.6) is 0 Å². The Kier molecular flexibility index (Phi) is 7.94. The molecule has 1 aromatic rings. The van der Waals surface area contributed by atoms with E-state index in [0.29, 0.717) is 6.54 Å². The maximum atomic E-state index is 11.7. The Hall–Kier alpha value is -1.43. The van der Waals surface area contributed by atoms with Crippen molar-refractivity contribution in [3.63, 3.8) is 0 Å². The van der Waals surface area contributed by atoms with Crippen LogP contribution >= 0.6 is 0 Å². The largest absolute Gasteiger partial charge is 0.379 e. The predicted molar refractivity (Wildman–Crippen MR) is 87.9 cm³/mol. The topological polar surface area (TPSA) is 53.6 Å². The fourth-order valence-electron chi connectivity index (χ4n) is 2.49. The highest BCUT2D eigenvalue weighted by molar-refractivity contribution is 5.77. The van der Waals surface area contributed by atoms with Crippen LogP contribution in [0.3, 0.4) is 0 Å². The van der Waals surface area contributed by atoms with Crippen molar-refractivity contribution < 1.29 is 9.53 Å². The van der Waals surface area contributed by atoms with Crippen LogP contribution in [-0.4, -0.2) is 63.3 Å². The number of carbonyl (C=O) groups excluding carboxylic acids is 1. The predicted octanol–water partition coefficient (Wildman–Crippen LogP) is 0.657. The molecular formula is C17H27N3O2. The van der Waals surface area contributed by atoms with Crippen molar-refractivity contribution in [2.45, 2.75) is 12.8 Å². The Morgan fingerprint density at radius 3 is 2.68 bits per heavy atom. The Balaban J connectivity index is 1.44. The van der Waals surface area contributed by atoms with E-state index in [9.17, 15) is 4.79 Å². The van der Waals surface area contributed by atoms with Gasteiger partial charge < -0.3 is 15.4 Å². The molecule has 0 aliphatic carbocycles. The van der Waals surface area contributed by atoms with E-state index in [0.717, 1.165) is 58.8 Å². The van der Waals surface area contributed by atoms with Crippen molar-refractivity contribution in [1.29, 1.82) is 0 Å². The molecule has 1 fully saturated rings. The van der Waals surface area contributed by atoms with Crippen molar-refractivity contribution >= 4 is 5.91 Å². The van der Waals surface area contributed by atoms with Crippen LogP contribution in [0.4, 0.5) is 0 Å². The van der Waals surface area contributed by atoms with Crippen LogP contribution in [0.25, 0.3) is 0 Å². The molecular weight excluding hydrogens is 278 g/mol. The van der Waals surface area contributed by atoms with E-state index in [1.165, 1.54) is 5.56 Å². The summed E-state index contributed by atoms with van der Waals surface area (Å²) in [6, 6.07) is 10.4. The van der Waals surface area contributed by atoms with Gasteiger partial charge in [-0.2, -0.15) is 0 Å². The number of amides is 1. The molecule has 122 valence electrons. The molecule has 0 atom stereocenters. The lowest BCUT2D eigenvalue weighted by atomic mass is 10.1. The molecule has 1 aliphatic rings. The molecule has 0 unspecified atom stereocenters. The lowest BCUT2D eigenvalue weighted by molar-refractivity contribution is -0.120. The monoisotopic (exact) mass is 305 g/mol. The summed E-state index contributed by atoms with van der Waals surface area (Å²) < 4.78 is 5.30. The number of morpholine rings is 1. The molecule has 1 saturated heterocycles. The highest BCUT2D eigenvalue weighted by Crippen LogP contribution is 2.01. The van der Waals surface area contributed by atoms with E-state index in [1.807, 2.05) is 18.2 Å². The summed E-state index contributed by atoms with van der Waals surface area (Å²) in [7, 11) is 0. The SMILES string of the molecule is O=C(CNCCN1CCOCC1)NCCCc1ccccc1. The fourth-order valence-corrected chi connectivity index (χ4v) is 2.49. The molecule has 0 spiro atoms. The van der Waals surface area contributed by atoms with Crippen molar-refractivity contribution in [1.82, 2.24) is 15.5 Å². The van der Waals surface area contributed by atoms with Crippen LogP contribution in [-0.2, 0) is 16.0 Å². The van der Waals surface area contributed by atoms with Crippen molar-refractivity contribution in [3.8, 4) is 0 Å². The number of aryl methyl sites for hydroxylation is 1. The third-order valence-electron chi connectivity index (χ3n) is 3.80. The van der Waals surface area contributed by atoms with Crippen LogP contribution in [0.2, 0.25) is 0 Å². The smallest absolute Gasteiger partial charge is 0.233 e. The van der Waals surface area contributed by atoms with Gasteiger partial charge in [-0.3, -0.25) is 9.69 Å². The van der Waals surface area contributed by atoms with Crippen LogP contribution in [0, 0.1) is 0 Å². The Labute approximate surface area is 133 Å². The van der Waals surface area contributed by atoms with Crippen molar-refractivity contribution in [2.24, 2.45) is 0 Å². The highest BCUT2D eigenvalue weighted by atomic mass is 16.5. The summed E-state index contributed by atoms with van der Waals surface area (Å²) in [4.78, 5) is 14.1. The number of hydrogen-bond donors (Lipinski definition) is 2. The van der Waals surface area contributed by atoms with E-state index in [-0.39, 0.29) is 5.91 Å². The number of hydrogen-bond acceptors (Lipinski definition) is 4. The molecule has 1 amide bonds. The zero-order valence-corrected chi connectivity index (χ0v) is 13.2. The van der Waals surface area contributed by atoms with Crippen molar-refractivity contribution in [2.75, 3.05) is 52.5 Å². The molecule has 1 heterocycles. The zero-order chi connectivity index (χ0) is 15.5. The lowest BCUT2D eigenvalue weighted by Gasteiger charge is -2.26. The summed E-state index contributed by atoms with van der Waals surface area (Å²) in [6.45, 7) is 6.58. The molecule has 5 heteroatoms. The van der Waals surface area contributed by atoms with E-state index >= 15 is 0 Å². The first-order valence-electron chi connectivity index (χ1n) is 8.16. The molecule has 2 N–H and O–H groups in total. The second kappa shape index (κ2) is 10.3. The van der Waals surface area contributed by atoms with Gasteiger partial charge in [-0.25, -0.2) is 0 Å². The molecule has 0 radical (unpaired) electrons. The lowest BCUT2D eigenvalue weighted by Crippen LogP contribution is -2.42. The molecule has 2 rings (SSSR count). The molecule has 0 saturated carbocycles. The third-order valence-corrected chi connectivity index (χ3v) is 3.80. The van der Waals surface area contributed by atoms with E-state index in [2.05, 4.69) is 27.7 Å². The second-order valence-corrected chi connectivity index (χ2v) is 5.57. The maximum absolute atomic E-state index is 11.7. The first kappa shape index (κ1) is 16.9. The summed E-state index contributed by atoms with van der Waals surface area (Å²) in [5, 5.41) is 6.15. The molecule has 1 aliphatic heterocycles. The molecule has 0 aromatic heterocycles. The van der Waals surface area contributed by atoms with Gasteiger partial charge in [-0.05, 0) is 18.4 Å². The fraction of sp³-hybridized carbons (Fsp3) is 0.588. The Morgan fingerprint density at radius 1 is 1.14 bits per heavy atom. The van der Waals surface area contributed by atoms with Crippen LogP contribution < -0.4 is 10.6 Å². The minimum Gasteiger partial charge on any atom is -0.379 e. The number of nitrogens with zero attached hydrogens (tertiary/aromatic N) is 1. The van der Waals surface area contributed by atoms with Crippen LogP contribution in [0.15, 0.2) is 30.3 Å². The van der Waals surface area contributed by atoms with Gasteiger partial charge in [-0.15, -0.1) is 0 Å². The van der Waals surface area contributed by atoms with Crippen LogP contribution in [0.1, 0.15) is 12.0 Å². The standard InChI is InChI=1S/C17H27N3O2/c21-17(15-18-9-10-20-11-13-22-14-12-20)19-8-4-7-16-5-2-1-3-6-16/h1-3,5-6,18H,4,7-15H2,(H,19,21). The average molecular weight is 305 g/mol. The van der Waals surface area contributed by atoms with Gasteiger partial charge in [0, 0.05) is 32.7 Å². The van der Waals surface area contributed by atoms with E-state index < -0.39 is 0 Å². The number of nitrogens with one attached hydrogen (secondary N) is 2. The molecule has 0 bridgehead atoms. The van der Waals surface area contributed by atoms with Gasteiger partial charge in [-0.1, -0.05) is 30.3 Å². The molecule has 1 aromatic carbocycles. The maximum Gasteiger partial charge on any atom is 0.233 e. The summed E-state index contributed by atoms with van der Waals surface area (Å²) in [5.41, 5.74) is 1.32. The second-order valence-electron chi connectivity index (χ2n) is 5.57. The highest BCUT2D eigenvalue weighted by Gasteiger charge is 2.09. The van der Waals surface area contributed by atoms with Gasteiger partial charge in [0.05, 0.1) is 19.8 Å². The van der Waals surface area contributed by atoms with Gasteiger partial charge in [0.1, 0.15) is 0 Å². The van der Waals surface area contributed by atoms with Gasteiger partial charge >= 0.3 is 0 Å². The van der Waals surface area contributed by atoms with Gasteiger partial charge in [0.15, 0.2) is 0 Å². The molecule has 5 nitrogen and oxygen atoms in total. The summed E-state index contributed by atoms with van der Waals surface area (Å²) in [6.07, 6.45) is 1.98. The van der Waals surface area contributed by atoms with E-state index in [4.69, 9.17) is 4.74 Å². The van der Waals surface area contributed by atoms with Gasteiger partial charge in [0.2, 0.25) is 5.91 Å². The number of benzene rings is 1. The summed E-state index contributed by atoms with van der Waals surface area (Å²) in [5.74, 6) is 0.0787. The van der Waals surface area contributed by atoms with Gasteiger partial charge in [0.25, 0.3) is 0 Å². The first-order chi connectivity index (χ1) is 10.8.